The molecule has 1 aromatic rings. The van der Waals surface area contributed by atoms with Crippen LogP contribution in [-0.4, -0.2) is 37.3 Å². The van der Waals surface area contributed by atoms with Gasteiger partial charge in [-0.25, -0.2) is 4.98 Å². The molecule has 19 heavy (non-hydrogen) atoms. The highest BCUT2D eigenvalue weighted by Gasteiger charge is 2.19. The van der Waals surface area contributed by atoms with Crippen LogP contribution in [0.25, 0.3) is 0 Å². The number of pyridine rings is 1. The van der Waals surface area contributed by atoms with Crippen LogP contribution in [0.2, 0.25) is 0 Å². The molecule has 0 spiro atoms. The quantitative estimate of drug-likeness (QED) is 0.780. The summed E-state index contributed by atoms with van der Waals surface area (Å²) < 4.78 is 5.57. The van der Waals surface area contributed by atoms with Crippen LogP contribution in [0.1, 0.15) is 32.3 Å². The lowest BCUT2D eigenvalue weighted by Crippen LogP contribution is -2.25. The average molecular weight is 263 g/mol. The van der Waals surface area contributed by atoms with E-state index in [9.17, 15) is 0 Å². The van der Waals surface area contributed by atoms with Gasteiger partial charge in [-0.05, 0) is 44.4 Å². The maximum atomic E-state index is 5.57. The number of rotatable bonds is 8. The van der Waals surface area contributed by atoms with Crippen LogP contribution in [0.4, 0.5) is 5.82 Å². The van der Waals surface area contributed by atoms with E-state index in [1.165, 1.54) is 18.4 Å². The van der Waals surface area contributed by atoms with Gasteiger partial charge in [0.05, 0.1) is 12.7 Å². The Hall–Kier alpha value is -1.13. The molecule has 1 N–H and O–H groups in total. The Balaban J connectivity index is 1.81. The van der Waals surface area contributed by atoms with Crippen molar-refractivity contribution in [3.05, 3.63) is 23.9 Å². The highest BCUT2D eigenvalue weighted by molar-refractivity contribution is 5.40. The van der Waals surface area contributed by atoms with Gasteiger partial charge in [0, 0.05) is 32.4 Å². The average Bonchev–Trinajstić information content (AvgIpc) is 3.20. The van der Waals surface area contributed by atoms with Crippen molar-refractivity contribution in [1.29, 1.82) is 0 Å². The second kappa shape index (κ2) is 6.87. The van der Waals surface area contributed by atoms with Gasteiger partial charge in [-0.15, -0.1) is 0 Å². The smallest absolute Gasteiger partial charge is 0.128 e. The fourth-order valence-corrected chi connectivity index (χ4v) is 1.87. The third kappa shape index (κ3) is 5.17. The first kappa shape index (κ1) is 14.3. The number of likely N-dealkylation sites (N-methyl/N-ethyl adjacent to an activating group) is 1. The van der Waals surface area contributed by atoms with E-state index in [1.807, 2.05) is 6.20 Å². The summed E-state index contributed by atoms with van der Waals surface area (Å²) in [5.74, 6) is 1.02. The minimum absolute atomic E-state index is 0.287. The number of aromatic nitrogens is 1. The third-order valence-corrected chi connectivity index (χ3v) is 3.25. The van der Waals surface area contributed by atoms with E-state index in [0.29, 0.717) is 0 Å². The number of nitrogens with zero attached hydrogens (tertiary/aromatic N) is 2. The molecule has 0 radical (unpaired) electrons. The molecule has 1 heterocycles. The second-order valence-electron chi connectivity index (χ2n) is 5.52. The zero-order valence-electron chi connectivity index (χ0n) is 12.2. The second-order valence-corrected chi connectivity index (χ2v) is 5.52. The van der Waals surface area contributed by atoms with Crippen LogP contribution in [-0.2, 0) is 11.3 Å². The molecule has 0 saturated heterocycles. The van der Waals surface area contributed by atoms with Crippen LogP contribution < -0.4 is 10.2 Å². The van der Waals surface area contributed by atoms with Crippen molar-refractivity contribution in [2.45, 2.75) is 45.4 Å². The molecule has 2 rings (SSSR count). The summed E-state index contributed by atoms with van der Waals surface area (Å²) in [6, 6.07) is 4.98. The Morgan fingerprint density at radius 2 is 2.26 bits per heavy atom. The van der Waals surface area contributed by atoms with Crippen molar-refractivity contribution in [3.63, 3.8) is 0 Å². The maximum absolute atomic E-state index is 5.57. The molecule has 1 aliphatic rings. The molecule has 4 heteroatoms. The number of anilines is 1. The zero-order chi connectivity index (χ0) is 13.7. The Kier molecular flexibility index (Phi) is 5.16. The van der Waals surface area contributed by atoms with Crippen LogP contribution in [0.5, 0.6) is 0 Å². The van der Waals surface area contributed by atoms with Gasteiger partial charge in [-0.2, -0.15) is 0 Å². The van der Waals surface area contributed by atoms with E-state index in [1.54, 1.807) is 0 Å². The summed E-state index contributed by atoms with van der Waals surface area (Å²) >= 11 is 0. The van der Waals surface area contributed by atoms with E-state index in [4.69, 9.17) is 4.74 Å². The minimum Gasteiger partial charge on any atom is -0.377 e. The molecule has 0 atom stereocenters. The third-order valence-electron chi connectivity index (χ3n) is 3.25. The van der Waals surface area contributed by atoms with Gasteiger partial charge in [0.1, 0.15) is 5.82 Å². The van der Waals surface area contributed by atoms with E-state index in [2.05, 4.69) is 48.2 Å². The first-order valence-electron chi connectivity index (χ1n) is 7.16. The Labute approximate surface area is 116 Å². The van der Waals surface area contributed by atoms with Crippen LogP contribution in [0, 0.1) is 0 Å². The number of ether oxygens (including phenoxy) is 1. The van der Waals surface area contributed by atoms with E-state index >= 15 is 0 Å². The summed E-state index contributed by atoms with van der Waals surface area (Å²) in [7, 11) is 2.06. The van der Waals surface area contributed by atoms with Crippen molar-refractivity contribution >= 4 is 5.82 Å². The Bertz CT molecular complexity index is 391. The molecule has 1 fully saturated rings. The van der Waals surface area contributed by atoms with E-state index in [0.717, 1.165) is 31.6 Å². The standard InChI is InChI=1S/C15H25N3O/c1-12(2)19-9-8-18(3)15-10-13(6-7-16-15)11-17-14-4-5-14/h6-7,10,12,14,17H,4-5,8-9,11H2,1-3H3. The topological polar surface area (TPSA) is 37.4 Å². The summed E-state index contributed by atoms with van der Waals surface area (Å²) in [6.07, 6.45) is 4.82. The molecule has 0 unspecified atom stereocenters. The first-order chi connectivity index (χ1) is 9.15. The van der Waals surface area contributed by atoms with Gasteiger partial charge in [-0.3, -0.25) is 0 Å². The van der Waals surface area contributed by atoms with Crippen LogP contribution in [0.15, 0.2) is 18.3 Å². The molecule has 4 nitrogen and oxygen atoms in total. The van der Waals surface area contributed by atoms with Gasteiger partial charge in [-0.1, -0.05) is 0 Å². The maximum Gasteiger partial charge on any atom is 0.128 e. The molecule has 106 valence electrons. The van der Waals surface area contributed by atoms with Crippen LogP contribution >= 0.6 is 0 Å². The fraction of sp³-hybridized carbons (Fsp3) is 0.667. The minimum atomic E-state index is 0.287. The zero-order valence-corrected chi connectivity index (χ0v) is 12.2. The molecule has 0 aliphatic heterocycles. The first-order valence-corrected chi connectivity index (χ1v) is 7.16. The summed E-state index contributed by atoms with van der Waals surface area (Å²) in [4.78, 5) is 6.56. The lowest BCUT2D eigenvalue weighted by molar-refractivity contribution is 0.0845. The highest BCUT2D eigenvalue weighted by Crippen LogP contribution is 2.19. The predicted molar refractivity (Wildman–Crippen MR) is 78.5 cm³/mol. The number of hydrogen-bond acceptors (Lipinski definition) is 4. The molecule has 1 saturated carbocycles. The van der Waals surface area contributed by atoms with Gasteiger partial charge < -0.3 is 15.0 Å². The molecular formula is C15H25N3O. The number of hydrogen-bond donors (Lipinski definition) is 1. The lowest BCUT2D eigenvalue weighted by atomic mass is 10.2. The lowest BCUT2D eigenvalue weighted by Gasteiger charge is -2.19. The normalized spacial score (nSPS) is 14.9. The molecule has 1 aromatic heterocycles. The van der Waals surface area contributed by atoms with Crippen molar-refractivity contribution in [2.75, 3.05) is 25.1 Å². The van der Waals surface area contributed by atoms with Crippen molar-refractivity contribution < 1.29 is 4.74 Å². The summed E-state index contributed by atoms with van der Waals surface area (Å²) in [5, 5.41) is 3.53. The predicted octanol–water partition coefficient (Wildman–Crippen LogP) is 2.19. The van der Waals surface area contributed by atoms with Gasteiger partial charge in [0.25, 0.3) is 0 Å². The highest BCUT2D eigenvalue weighted by atomic mass is 16.5. The molecule has 0 bridgehead atoms. The molecular weight excluding hydrogens is 238 g/mol. The Morgan fingerprint density at radius 3 is 2.95 bits per heavy atom. The van der Waals surface area contributed by atoms with Crippen molar-refractivity contribution in [3.8, 4) is 0 Å². The van der Waals surface area contributed by atoms with Gasteiger partial charge >= 0.3 is 0 Å². The molecule has 0 aromatic carbocycles. The molecule has 0 amide bonds. The monoisotopic (exact) mass is 263 g/mol. The van der Waals surface area contributed by atoms with Crippen molar-refractivity contribution in [1.82, 2.24) is 10.3 Å². The van der Waals surface area contributed by atoms with Crippen molar-refractivity contribution in [2.24, 2.45) is 0 Å². The van der Waals surface area contributed by atoms with Crippen LogP contribution in [0.3, 0.4) is 0 Å². The summed E-state index contributed by atoms with van der Waals surface area (Å²) in [6.45, 7) is 6.66. The van der Waals surface area contributed by atoms with Gasteiger partial charge in [0.15, 0.2) is 0 Å². The largest absolute Gasteiger partial charge is 0.377 e. The fourth-order valence-electron chi connectivity index (χ4n) is 1.87. The van der Waals surface area contributed by atoms with E-state index in [-0.39, 0.29) is 6.10 Å². The summed E-state index contributed by atoms with van der Waals surface area (Å²) in [5.41, 5.74) is 1.30. The van der Waals surface area contributed by atoms with E-state index < -0.39 is 0 Å². The SMILES string of the molecule is CC(C)OCCN(C)c1cc(CNC2CC2)ccn1. The van der Waals surface area contributed by atoms with Gasteiger partial charge in [0.2, 0.25) is 0 Å². The molecule has 1 aliphatic carbocycles. The number of nitrogens with one attached hydrogen (secondary N) is 1. The Morgan fingerprint density at radius 1 is 1.47 bits per heavy atom.